The van der Waals surface area contributed by atoms with Crippen molar-refractivity contribution < 1.29 is 18.3 Å². The van der Waals surface area contributed by atoms with Crippen LogP contribution in [0.1, 0.15) is 61.8 Å². The first-order chi connectivity index (χ1) is 13.9. The Labute approximate surface area is 208 Å². The third-order valence-electron chi connectivity index (χ3n) is 6.62. The van der Waals surface area contributed by atoms with E-state index < -0.39 is 16.6 Å². The minimum Gasteiger partial charge on any atom is -0.414 e. The fraction of sp³-hybridized carbons (Fsp3) is 0.833. The minimum absolute atomic E-state index is 0.0816. The van der Waals surface area contributed by atoms with Gasteiger partial charge >= 0.3 is 0 Å². The van der Waals surface area contributed by atoms with Crippen molar-refractivity contribution in [3.05, 3.63) is 21.8 Å². The first-order valence-electron chi connectivity index (χ1n) is 11.3. The van der Waals surface area contributed by atoms with Crippen molar-refractivity contribution in [2.75, 3.05) is 13.9 Å². The SMILES string of the molecule is COCO[C@@H](/C=C(C)/C=C/I)[C@H](C[C@H](C)O[Si](C)(C)C(C)(C)C)O[Si](C)(C)C(C)(C)C. The van der Waals surface area contributed by atoms with Crippen molar-refractivity contribution in [2.24, 2.45) is 0 Å². The van der Waals surface area contributed by atoms with Crippen LogP contribution in [0.2, 0.25) is 36.3 Å². The van der Waals surface area contributed by atoms with Crippen LogP contribution in [0, 0.1) is 0 Å². The predicted octanol–water partition coefficient (Wildman–Crippen LogP) is 8.06. The van der Waals surface area contributed by atoms with Crippen LogP contribution in [-0.2, 0) is 18.3 Å². The van der Waals surface area contributed by atoms with Gasteiger partial charge < -0.3 is 18.3 Å². The predicted molar refractivity (Wildman–Crippen MR) is 148 cm³/mol. The molecule has 7 heteroatoms. The van der Waals surface area contributed by atoms with Crippen LogP contribution in [0.4, 0.5) is 0 Å². The summed E-state index contributed by atoms with van der Waals surface area (Å²) in [6.45, 7) is 27.4. The van der Waals surface area contributed by atoms with Gasteiger partial charge in [-0.15, -0.1) is 0 Å². The van der Waals surface area contributed by atoms with Crippen molar-refractivity contribution in [2.45, 2.75) is 116 Å². The lowest BCUT2D eigenvalue weighted by molar-refractivity contribution is -0.0959. The monoisotopic (exact) mass is 584 g/mol. The van der Waals surface area contributed by atoms with Gasteiger partial charge in [0.15, 0.2) is 16.6 Å². The van der Waals surface area contributed by atoms with Crippen LogP contribution in [0.25, 0.3) is 0 Å². The third-order valence-corrected chi connectivity index (χ3v) is 16.1. The number of allylic oxidation sites excluding steroid dienone is 2. The maximum Gasteiger partial charge on any atom is 0.192 e. The van der Waals surface area contributed by atoms with E-state index in [0.717, 1.165) is 12.0 Å². The number of rotatable bonds is 12. The number of hydrogen-bond acceptors (Lipinski definition) is 4. The maximum atomic E-state index is 6.93. The molecule has 0 aromatic carbocycles. The molecule has 4 nitrogen and oxygen atoms in total. The fourth-order valence-corrected chi connectivity index (χ4v) is 6.05. The van der Waals surface area contributed by atoms with Gasteiger partial charge in [-0.3, -0.25) is 0 Å². The Hall–Kier alpha value is 0.484. The first kappa shape index (κ1) is 31.5. The number of halogens is 1. The first-order valence-corrected chi connectivity index (χ1v) is 18.4. The average Bonchev–Trinajstić information content (AvgIpc) is 2.55. The van der Waals surface area contributed by atoms with Crippen molar-refractivity contribution >= 4 is 39.2 Å². The third kappa shape index (κ3) is 11.0. The van der Waals surface area contributed by atoms with Crippen molar-refractivity contribution in [3.8, 4) is 0 Å². The van der Waals surface area contributed by atoms with E-state index in [1.54, 1.807) is 7.11 Å². The molecule has 0 aliphatic heterocycles. The molecule has 0 aliphatic carbocycles. The van der Waals surface area contributed by atoms with Crippen molar-refractivity contribution in [1.82, 2.24) is 0 Å². The molecular weight excluding hydrogens is 535 g/mol. The Morgan fingerprint density at radius 3 is 1.84 bits per heavy atom. The van der Waals surface area contributed by atoms with Gasteiger partial charge in [0.1, 0.15) is 12.9 Å². The largest absolute Gasteiger partial charge is 0.414 e. The molecule has 0 saturated carbocycles. The van der Waals surface area contributed by atoms with E-state index in [0.29, 0.717) is 0 Å². The zero-order valence-corrected chi connectivity index (χ0v) is 26.5. The van der Waals surface area contributed by atoms with Gasteiger partial charge in [0.25, 0.3) is 0 Å². The summed E-state index contributed by atoms with van der Waals surface area (Å²) in [4.78, 5) is 0. The van der Waals surface area contributed by atoms with Gasteiger partial charge in [-0.25, -0.2) is 0 Å². The van der Waals surface area contributed by atoms with E-state index in [-0.39, 0.29) is 35.2 Å². The number of ether oxygens (including phenoxy) is 2. The molecule has 0 bridgehead atoms. The Bertz CT molecular complexity index is 589. The van der Waals surface area contributed by atoms with Crippen LogP contribution in [0.5, 0.6) is 0 Å². The van der Waals surface area contributed by atoms with E-state index >= 15 is 0 Å². The molecule has 3 atom stereocenters. The Morgan fingerprint density at radius 2 is 1.42 bits per heavy atom. The maximum absolute atomic E-state index is 6.93. The quantitative estimate of drug-likeness (QED) is 0.101. The van der Waals surface area contributed by atoms with Crippen LogP contribution < -0.4 is 0 Å². The van der Waals surface area contributed by atoms with Crippen LogP contribution >= 0.6 is 22.6 Å². The van der Waals surface area contributed by atoms with E-state index in [1.165, 1.54) is 0 Å². The molecule has 31 heavy (non-hydrogen) atoms. The highest BCUT2D eigenvalue weighted by Gasteiger charge is 2.43. The van der Waals surface area contributed by atoms with E-state index in [9.17, 15) is 0 Å². The normalized spacial score (nSPS) is 17.8. The van der Waals surface area contributed by atoms with Gasteiger partial charge in [0.2, 0.25) is 0 Å². The molecular formula is C24H49IO4Si2. The molecule has 0 saturated heterocycles. The summed E-state index contributed by atoms with van der Waals surface area (Å²) in [5.74, 6) is 0. The molecule has 0 radical (unpaired) electrons. The molecule has 0 unspecified atom stereocenters. The second-order valence-corrected chi connectivity index (χ2v) is 21.8. The second-order valence-electron chi connectivity index (χ2n) is 11.6. The van der Waals surface area contributed by atoms with Gasteiger partial charge in [-0.2, -0.15) is 0 Å². The summed E-state index contributed by atoms with van der Waals surface area (Å²) in [6, 6.07) is 0. The Balaban J connectivity index is 5.97. The topological polar surface area (TPSA) is 36.9 Å². The summed E-state index contributed by atoms with van der Waals surface area (Å²) in [6.07, 6.45) is 4.80. The number of hydrogen-bond donors (Lipinski definition) is 0. The molecule has 0 amide bonds. The molecule has 0 spiro atoms. The highest BCUT2D eigenvalue weighted by Crippen LogP contribution is 2.40. The lowest BCUT2D eigenvalue weighted by Gasteiger charge is -2.43. The second kappa shape index (κ2) is 12.8. The molecule has 0 fully saturated rings. The van der Waals surface area contributed by atoms with E-state index in [1.807, 2.05) is 4.08 Å². The standard InChI is InChI=1S/C24H49IO4Si2/c1-19(14-15-25)16-21(27-18-26-9)22(29-31(12,13)24(6,7)8)17-20(2)28-30(10,11)23(3,4)5/h14-16,20-22H,17-18H2,1-13H3/b15-14+,19-16+/t20-,21-,22-/m0/s1. The van der Waals surface area contributed by atoms with Crippen molar-refractivity contribution in [3.63, 3.8) is 0 Å². The highest BCUT2D eigenvalue weighted by molar-refractivity contribution is 14.1. The molecule has 184 valence electrons. The van der Waals surface area contributed by atoms with Gasteiger partial charge in [-0.1, -0.05) is 81.9 Å². The zero-order valence-electron chi connectivity index (χ0n) is 22.4. The van der Waals surface area contributed by atoms with Gasteiger partial charge in [0, 0.05) is 13.2 Å². The Kier molecular flexibility index (Phi) is 13.0. The van der Waals surface area contributed by atoms with Gasteiger partial charge in [-0.05, 0) is 60.6 Å². The summed E-state index contributed by atoms with van der Waals surface area (Å²) < 4.78 is 27.0. The van der Waals surface area contributed by atoms with Gasteiger partial charge in [0.05, 0.1) is 6.10 Å². The van der Waals surface area contributed by atoms with E-state index in [2.05, 4.69) is 116 Å². The van der Waals surface area contributed by atoms with Crippen molar-refractivity contribution in [1.29, 1.82) is 0 Å². The molecule has 0 aromatic rings. The lowest BCUT2D eigenvalue weighted by Crippen LogP contribution is -2.49. The molecule has 0 N–H and O–H groups in total. The van der Waals surface area contributed by atoms with Crippen LogP contribution in [0.15, 0.2) is 21.8 Å². The zero-order chi connectivity index (χ0) is 24.7. The molecule has 0 rings (SSSR count). The fourth-order valence-electron chi connectivity index (χ4n) is 2.68. The molecule has 0 heterocycles. The summed E-state index contributed by atoms with van der Waals surface area (Å²) >= 11 is 2.24. The summed E-state index contributed by atoms with van der Waals surface area (Å²) in [5.41, 5.74) is 1.15. The number of methoxy groups -OCH3 is 1. The Morgan fingerprint density at radius 1 is 0.935 bits per heavy atom. The molecule has 0 aliphatic rings. The van der Waals surface area contributed by atoms with E-state index in [4.69, 9.17) is 18.3 Å². The summed E-state index contributed by atoms with van der Waals surface area (Å²) in [5, 5.41) is 0.284. The lowest BCUT2D eigenvalue weighted by atomic mass is 10.0. The summed E-state index contributed by atoms with van der Waals surface area (Å²) in [7, 11) is -2.23. The van der Waals surface area contributed by atoms with Crippen LogP contribution in [0.3, 0.4) is 0 Å². The van der Waals surface area contributed by atoms with Crippen LogP contribution in [-0.4, -0.2) is 48.8 Å². The highest BCUT2D eigenvalue weighted by atomic mass is 127. The minimum atomic E-state index is -2.02. The smallest absolute Gasteiger partial charge is 0.192 e. The molecule has 0 aromatic heterocycles. The average molecular weight is 585 g/mol.